The second-order valence-corrected chi connectivity index (χ2v) is 6.02. The number of benzene rings is 1. The zero-order valence-corrected chi connectivity index (χ0v) is 16.3. The minimum atomic E-state index is -0.263. The molecule has 1 heterocycles. The van der Waals surface area contributed by atoms with Gasteiger partial charge in [0.25, 0.3) is 0 Å². The number of ether oxygens (including phenoxy) is 1. The lowest BCUT2D eigenvalue weighted by molar-refractivity contribution is 0.310. The van der Waals surface area contributed by atoms with Crippen molar-refractivity contribution in [2.45, 2.75) is 46.6 Å². The first-order chi connectivity index (χ1) is 13.2. The van der Waals surface area contributed by atoms with E-state index in [4.69, 9.17) is 9.26 Å². The van der Waals surface area contributed by atoms with Gasteiger partial charge >= 0.3 is 0 Å². The highest BCUT2D eigenvalue weighted by Gasteiger charge is 2.13. The lowest BCUT2D eigenvalue weighted by atomic mass is 10.1. The maximum absolute atomic E-state index is 12.9. The molecule has 27 heavy (non-hydrogen) atoms. The molecule has 2 N–H and O–H groups in total. The molecule has 6 nitrogen and oxygen atoms in total. The summed E-state index contributed by atoms with van der Waals surface area (Å²) in [5, 5.41) is 10.7. The monoisotopic (exact) mass is 376 g/mol. The van der Waals surface area contributed by atoms with Crippen molar-refractivity contribution in [3.8, 4) is 5.75 Å². The summed E-state index contributed by atoms with van der Waals surface area (Å²) >= 11 is 0. The van der Waals surface area contributed by atoms with Gasteiger partial charge in [0.05, 0.1) is 18.8 Å². The Labute approximate surface area is 160 Å². The van der Waals surface area contributed by atoms with Crippen LogP contribution >= 0.6 is 0 Å². The van der Waals surface area contributed by atoms with Gasteiger partial charge in [0.2, 0.25) is 0 Å². The quantitative estimate of drug-likeness (QED) is 0.377. The van der Waals surface area contributed by atoms with Crippen LogP contribution in [0.1, 0.15) is 44.2 Å². The molecule has 148 valence electrons. The predicted molar refractivity (Wildman–Crippen MR) is 105 cm³/mol. The van der Waals surface area contributed by atoms with E-state index in [-0.39, 0.29) is 5.82 Å². The van der Waals surface area contributed by atoms with Crippen molar-refractivity contribution in [1.82, 2.24) is 15.8 Å². The average Bonchev–Trinajstić information content (AvgIpc) is 3.09. The van der Waals surface area contributed by atoms with Gasteiger partial charge in [-0.3, -0.25) is 0 Å². The first-order valence-electron chi connectivity index (χ1n) is 9.54. The van der Waals surface area contributed by atoms with Crippen LogP contribution in [0.4, 0.5) is 4.39 Å². The van der Waals surface area contributed by atoms with Gasteiger partial charge in [0, 0.05) is 25.1 Å². The molecule has 0 saturated heterocycles. The third kappa shape index (κ3) is 6.58. The molecule has 1 aromatic carbocycles. The van der Waals surface area contributed by atoms with E-state index in [2.05, 4.69) is 34.6 Å². The SMILES string of the molecule is CCNC(=NCc1c(CC)noc1CC)NCCCOc1ccc(F)cc1. The van der Waals surface area contributed by atoms with E-state index >= 15 is 0 Å². The highest BCUT2D eigenvalue weighted by Crippen LogP contribution is 2.16. The molecular formula is C20H29FN4O2. The smallest absolute Gasteiger partial charge is 0.191 e. The minimum absolute atomic E-state index is 0.263. The molecule has 0 bridgehead atoms. The number of hydrogen-bond donors (Lipinski definition) is 2. The second kappa shape index (κ2) is 11.2. The van der Waals surface area contributed by atoms with Crippen molar-refractivity contribution in [3.05, 3.63) is 47.1 Å². The van der Waals surface area contributed by atoms with Crippen LogP contribution in [0.2, 0.25) is 0 Å². The van der Waals surface area contributed by atoms with Crippen molar-refractivity contribution < 1.29 is 13.7 Å². The van der Waals surface area contributed by atoms with E-state index in [1.54, 1.807) is 12.1 Å². The Morgan fingerprint density at radius 1 is 1.15 bits per heavy atom. The van der Waals surface area contributed by atoms with E-state index < -0.39 is 0 Å². The van der Waals surface area contributed by atoms with Crippen LogP contribution in [0.3, 0.4) is 0 Å². The number of nitrogens with zero attached hydrogens (tertiary/aromatic N) is 2. The van der Waals surface area contributed by atoms with Gasteiger partial charge in [-0.1, -0.05) is 19.0 Å². The number of hydrogen-bond acceptors (Lipinski definition) is 4. The van der Waals surface area contributed by atoms with Crippen LogP contribution in [-0.4, -0.2) is 30.8 Å². The first kappa shape index (κ1) is 20.7. The molecule has 2 aromatic rings. The number of halogens is 1. The zero-order valence-electron chi connectivity index (χ0n) is 16.3. The number of aromatic nitrogens is 1. The van der Waals surface area contributed by atoms with Crippen LogP contribution in [0.15, 0.2) is 33.8 Å². The van der Waals surface area contributed by atoms with Crippen molar-refractivity contribution in [3.63, 3.8) is 0 Å². The minimum Gasteiger partial charge on any atom is -0.494 e. The summed E-state index contributed by atoms with van der Waals surface area (Å²) in [6.07, 6.45) is 2.44. The molecule has 7 heteroatoms. The molecule has 0 aliphatic heterocycles. The maximum Gasteiger partial charge on any atom is 0.191 e. The zero-order chi connectivity index (χ0) is 19.5. The van der Waals surface area contributed by atoms with Crippen LogP contribution < -0.4 is 15.4 Å². The Balaban J connectivity index is 1.81. The number of aryl methyl sites for hydroxylation is 2. The van der Waals surface area contributed by atoms with E-state index in [0.29, 0.717) is 18.9 Å². The molecule has 0 atom stereocenters. The second-order valence-electron chi connectivity index (χ2n) is 6.02. The fraction of sp³-hybridized carbons (Fsp3) is 0.500. The number of guanidine groups is 1. The van der Waals surface area contributed by atoms with E-state index in [1.165, 1.54) is 12.1 Å². The Morgan fingerprint density at radius 3 is 2.59 bits per heavy atom. The molecule has 0 amide bonds. The van der Waals surface area contributed by atoms with Crippen molar-refractivity contribution in [2.24, 2.45) is 4.99 Å². The van der Waals surface area contributed by atoms with Crippen molar-refractivity contribution >= 4 is 5.96 Å². The Bertz CT molecular complexity index is 692. The lowest BCUT2D eigenvalue weighted by Crippen LogP contribution is -2.38. The molecule has 0 unspecified atom stereocenters. The number of aliphatic imine (C=N–C) groups is 1. The molecular weight excluding hydrogens is 347 g/mol. The Kier molecular flexibility index (Phi) is 8.61. The Morgan fingerprint density at radius 2 is 1.93 bits per heavy atom. The molecule has 0 saturated carbocycles. The number of rotatable bonds is 10. The van der Waals surface area contributed by atoms with Gasteiger partial charge in [-0.2, -0.15) is 0 Å². The van der Waals surface area contributed by atoms with Gasteiger partial charge < -0.3 is 19.9 Å². The summed E-state index contributed by atoms with van der Waals surface area (Å²) in [6.45, 7) is 8.73. The van der Waals surface area contributed by atoms with Crippen LogP contribution in [0, 0.1) is 5.82 Å². The standard InChI is InChI=1S/C20H29FN4O2/c1-4-18-17(19(5-2)27-25-18)14-24-20(22-6-3)23-12-7-13-26-16-10-8-15(21)9-11-16/h8-11H,4-7,12-14H2,1-3H3,(H2,22,23,24). The molecule has 0 aliphatic carbocycles. The molecule has 1 aromatic heterocycles. The van der Waals surface area contributed by atoms with Gasteiger partial charge in [-0.05, 0) is 44.0 Å². The summed E-state index contributed by atoms with van der Waals surface area (Å²) in [5.74, 6) is 2.06. The molecule has 0 fully saturated rings. The van der Waals surface area contributed by atoms with Gasteiger partial charge in [0.15, 0.2) is 5.96 Å². The summed E-state index contributed by atoms with van der Waals surface area (Å²) in [4.78, 5) is 4.65. The highest BCUT2D eigenvalue weighted by atomic mass is 19.1. The molecule has 0 radical (unpaired) electrons. The van der Waals surface area contributed by atoms with Crippen molar-refractivity contribution in [1.29, 1.82) is 0 Å². The topological polar surface area (TPSA) is 71.7 Å². The van der Waals surface area contributed by atoms with Gasteiger partial charge in [-0.25, -0.2) is 9.38 Å². The van der Waals surface area contributed by atoms with Gasteiger partial charge in [-0.15, -0.1) is 0 Å². The third-order valence-corrected chi connectivity index (χ3v) is 4.04. The Hall–Kier alpha value is -2.57. The third-order valence-electron chi connectivity index (χ3n) is 4.04. The van der Waals surface area contributed by atoms with Crippen LogP contribution in [-0.2, 0) is 19.4 Å². The molecule has 0 aliphatic rings. The van der Waals surface area contributed by atoms with Crippen LogP contribution in [0.5, 0.6) is 5.75 Å². The normalized spacial score (nSPS) is 11.5. The van der Waals surface area contributed by atoms with Crippen molar-refractivity contribution in [2.75, 3.05) is 19.7 Å². The molecule has 2 rings (SSSR count). The average molecular weight is 376 g/mol. The van der Waals surface area contributed by atoms with E-state index in [9.17, 15) is 4.39 Å². The first-order valence-corrected chi connectivity index (χ1v) is 9.54. The van der Waals surface area contributed by atoms with Crippen LogP contribution in [0.25, 0.3) is 0 Å². The predicted octanol–water partition coefficient (Wildman–Crippen LogP) is 3.46. The fourth-order valence-corrected chi connectivity index (χ4v) is 2.62. The maximum atomic E-state index is 12.9. The summed E-state index contributed by atoms with van der Waals surface area (Å²) in [5.41, 5.74) is 2.05. The molecule has 0 spiro atoms. The largest absolute Gasteiger partial charge is 0.494 e. The van der Waals surface area contributed by atoms with E-state index in [0.717, 1.165) is 55.3 Å². The number of nitrogens with one attached hydrogen (secondary N) is 2. The fourth-order valence-electron chi connectivity index (χ4n) is 2.62. The summed E-state index contributed by atoms with van der Waals surface area (Å²) < 4.78 is 23.9. The highest BCUT2D eigenvalue weighted by molar-refractivity contribution is 5.79. The summed E-state index contributed by atoms with van der Waals surface area (Å²) in [7, 11) is 0. The summed E-state index contributed by atoms with van der Waals surface area (Å²) in [6, 6.07) is 6.04. The lowest BCUT2D eigenvalue weighted by Gasteiger charge is -2.12. The van der Waals surface area contributed by atoms with E-state index in [1.807, 2.05) is 6.92 Å². The van der Waals surface area contributed by atoms with Gasteiger partial charge in [0.1, 0.15) is 17.3 Å².